The Hall–Kier alpha value is 0.738. The summed E-state index contributed by atoms with van der Waals surface area (Å²) in [5.41, 5.74) is 0. The smallest absolute Gasteiger partial charge is 0 e. The van der Waals surface area contributed by atoms with Crippen molar-refractivity contribution in [1.29, 1.82) is 0 Å². The molecule has 0 saturated heterocycles. The molecule has 7 heavy (non-hydrogen) atoms. The van der Waals surface area contributed by atoms with Crippen LogP contribution >= 0.6 is 0 Å². The molecule has 0 atom stereocenters. The Labute approximate surface area is 62.0 Å². The van der Waals surface area contributed by atoms with Crippen LogP contribution in [0.1, 0.15) is 13.8 Å². The van der Waals surface area contributed by atoms with Crippen LogP contribution in [0.4, 0.5) is 0 Å². The minimum absolute atomic E-state index is 0. The normalized spacial score (nSPS) is 5.14. The van der Waals surface area contributed by atoms with Crippen molar-refractivity contribution < 1.29 is 10.2 Å². The zero-order chi connectivity index (χ0) is 5.41. The molecule has 0 heterocycles. The first kappa shape index (κ1) is 15.6. The summed E-state index contributed by atoms with van der Waals surface area (Å²) in [7, 11) is 0. The maximum absolute atomic E-state index is 8.93. The Balaban J connectivity index is -0.0000000400. The number of hydrogen-bond donors (Lipinski definition) is 0. The molecule has 0 saturated carbocycles. The molecule has 0 aromatic heterocycles. The SMILES string of the molecule is CC[O-].CC[O-].[Sb]. The summed E-state index contributed by atoms with van der Waals surface area (Å²) in [6.07, 6.45) is 0. The maximum Gasteiger partial charge on any atom is 0 e. The Bertz CT molecular complexity index is 11.7. The standard InChI is InChI=1S/2C2H5O.Sb/c2*1-2-3;/h2*2H2,1H3;/q2*-1;. The van der Waals surface area contributed by atoms with Gasteiger partial charge < -0.3 is 10.2 Å². The van der Waals surface area contributed by atoms with Gasteiger partial charge in [0.05, 0.1) is 0 Å². The fraction of sp³-hybridized carbons (Fsp3) is 1.00. The van der Waals surface area contributed by atoms with Crippen molar-refractivity contribution in [1.82, 2.24) is 0 Å². The first-order valence-electron chi connectivity index (χ1n) is 1.99. The van der Waals surface area contributed by atoms with Crippen molar-refractivity contribution in [3.8, 4) is 0 Å². The molecule has 0 aromatic carbocycles. The fourth-order valence-corrected chi connectivity index (χ4v) is 0. The molecule has 0 unspecified atom stereocenters. The molecule has 0 fully saturated rings. The molecule has 0 amide bonds. The predicted molar refractivity (Wildman–Crippen MR) is 26.8 cm³/mol. The third kappa shape index (κ3) is 278. The summed E-state index contributed by atoms with van der Waals surface area (Å²) in [4.78, 5) is 0. The Morgan fingerprint density at radius 2 is 1.00 bits per heavy atom. The second-order valence-corrected chi connectivity index (χ2v) is 0.577. The van der Waals surface area contributed by atoms with Crippen LogP contribution in [0.3, 0.4) is 0 Å². The minimum Gasteiger partial charge on any atom is -0.855 e. The Morgan fingerprint density at radius 3 is 1.00 bits per heavy atom. The van der Waals surface area contributed by atoms with Gasteiger partial charge in [0.25, 0.3) is 0 Å². The monoisotopic (exact) mass is 211 g/mol. The van der Waals surface area contributed by atoms with Gasteiger partial charge >= 0.3 is 0 Å². The van der Waals surface area contributed by atoms with Crippen molar-refractivity contribution >= 4 is 24.4 Å². The zero-order valence-corrected chi connectivity index (χ0v) is 7.23. The van der Waals surface area contributed by atoms with Crippen molar-refractivity contribution in [2.45, 2.75) is 13.8 Å². The average molecular weight is 212 g/mol. The molecular formula is C4H10O2Sb-2. The maximum atomic E-state index is 8.93. The van der Waals surface area contributed by atoms with Gasteiger partial charge in [0.15, 0.2) is 0 Å². The topological polar surface area (TPSA) is 46.1 Å². The summed E-state index contributed by atoms with van der Waals surface area (Å²) in [5.74, 6) is 0. The molecule has 45 valence electrons. The van der Waals surface area contributed by atoms with E-state index in [4.69, 9.17) is 10.2 Å². The van der Waals surface area contributed by atoms with E-state index in [0.717, 1.165) is 0 Å². The molecule has 0 N–H and O–H groups in total. The molecule has 0 bridgehead atoms. The molecule has 0 aliphatic rings. The van der Waals surface area contributed by atoms with Gasteiger partial charge in [0, 0.05) is 24.4 Å². The van der Waals surface area contributed by atoms with E-state index in [1.165, 1.54) is 0 Å². The largest absolute Gasteiger partial charge is 0.855 e. The Kier molecular flexibility index (Phi) is 66.2. The summed E-state index contributed by atoms with van der Waals surface area (Å²) >= 11 is 0. The van der Waals surface area contributed by atoms with E-state index in [-0.39, 0.29) is 37.6 Å². The van der Waals surface area contributed by atoms with Gasteiger partial charge in [-0.1, -0.05) is 13.8 Å². The first-order valence-corrected chi connectivity index (χ1v) is 1.99. The second kappa shape index (κ2) is 29.6. The van der Waals surface area contributed by atoms with Crippen LogP contribution in [-0.2, 0) is 0 Å². The van der Waals surface area contributed by atoms with Crippen molar-refractivity contribution in [3.63, 3.8) is 0 Å². The van der Waals surface area contributed by atoms with Crippen LogP contribution in [0.5, 0.6) is 0 Å². The summed E-state index contributed by atoms with van der Waals surface area (Å²) in [6, 6.07) is 0. The molecule has 0 spiro atoms. The van der Waals surface area contributed by atoms with Gasteiger partial charge in [-0.2, -0.15) is 0 Å². The molecule has 0 rings (SSSR count). The molecule has 0 aromatic rings. The van der Waals surface area contributed by atoms with Gasteiger partial charge in [0.1, 0.15) is 0 Å². The van der Waals surface area contributed by atoms with E-state index in [0.29, 0.717) is 0 Å². The van der Waals surface area contributed by atoms with E-state index >= 15 is 0 Å². The van der Waals surface area contributed by atoms with Crippen LogP contribution < -0.4 is 10.2 Å². The second-order valence-electron chi connectivity index (χ2n) is 0.577. The zero-order valence-electron chi connectivity index (χ0n) is 4.68. The van der Waals surface area contributed by atoms with Crippen molar-refractivity contribution in [2.24, 2.45) is 0 Å². The summed E-state index contributed by atoms with van der Waals surface area (Å²) in [6.45, 7) is 3.14. The summed E-state index contributed by atoms with van der Waals surface area (Å²) < 4.78 is 0. The van der Waals surface area contributed by atoms with E-state index in [2.05, 4.69) is 0 Å². The molecule has 3 radical (unpaired) electrons. The van der Waals surface area contributed by atoms with Crippen molar-refractivity contribution in [3.05, 3.63) is 0 Å². The number of hydrogen-bond acceptors (Lipinski definition) is 2. The third-order valence-electron chi connectivity index (χ3n) is 0. The van der Waals surface area contributed by atoms with Gasteiger partial charge in [-0.15, -0.1) is 13.2 Å². The van der Waals surface area contributed by atoms with E-state index < -0.39 is 0 Å². The fourth-order valence-electron chi connectivity index (χ4n) is 0. The van der Waals surface area contributed by atoms with Crippen molar-refractivity contribution in [2.75, 3.05) is 13.2 Å². The average Bonchev–Trinajstić information content (AvgIpc) is 1.39. The van der Waals surface area contributed by atoms with Crippen LogP contribution in [-0.4, -0.2) is 37.6 Å². The van der Waals surface area contributed by atoms with E-state index in [1.54, 1.807) is 13.8 Å². The molecule has 3 heteroatoms. The molecule has 2 nitrogen and oxygen atoms in total. The molecule has 0 aliphatic carbocycles. The van der Waals surface area contributed by atoms with Gasteiger partial charge in [-0.25, -0.2) is 0 Å². The number of rotatable bonds is 0. The van der Waals surface area contributed by atoms with Gasteiger partial charge in [0.2, 0.25) is 0 Å². The van der Waals surface area contributed by atoms with Gasteiger partial charge in [-0.3, -0.25) is 0 Å². The quantitative estimate of drug-likeness (QED) is 0.451. The van der Waals surface area contributed by atoms with E-state index in [1.807, 2.05) is 0 Å². The molecule has 0 aliphatic heterocycles. The predicted octanol–water partition coefficient (Wildman–Crippen LogP) is -1.65. The van der Waals surface area contributed by atoms with Crippen LogP contribution in [0.25, 0.3) is 0 Å². The third-order valence-corrected chi connectivity index (χ3v) is 0. The minimum atomic E-state index is 0. The Morgan fingerprint density at radius 1 is 1.00 bits per heavy atom. The molecular weight excluding hydrogens is 202 g/mol. The van der Waals surface area contributed by atoms with Crippen LogP contribution in [0.2, 0.25) is 0 Å². The van der Waals surface area contributed by atoms with Crippen LogP contribution in [0, 0.1) is 0 Å². The summed E-state index contributed by atoms with van der Waals surface area (Å²) in [5, 5.41) is 17.9. The first-order chi connectivity index (χ1) is 2.83. The van der Waals surface area contributed by atoms with Crippen LogP contribution in [0.15, 0.2) is 0 Å². The van der Waals surface area contributed by atoms with Gasteiger partial charge in [-0.05, 0) is 0 Å². The van der Waals surface area contributed by atoms with E-state index in [9.17, 15) is 0 Å².